The lowest BCUT2D eigenvalue weighted by Crippen LogP contribution is -1.97. The summed E-state index contributed by atoms with van der Waals surface area (Å²) in [4.78, 5) is 4.59. The molecule has 0 aliphatic carbocycles. The minimum atomic E-state index is 0.442. The van der Waals surface area contributed by atoms with Gasteiger partial charge < -0.3 is 10.5 Å². The van der Waals surface area contributed by atoms with Gasteiger partial charge in [-0.15, -0.1) is 5.10 Å². The number of fused-ring (bicyclic) bond motifs is 1. The molecule has 0 bridgehead atoms. The predicted octanol–water partition coefficient (Wildman–Crippen LogP) is 6.22. The Hall–Kier alpha value is -3.64. The van der Waals surface area contributed by atoms with E-state index < -0.39 is 0 Å². The monoisotopic (exact) mass is 456 g/mol. The molecular formula is C24H17BrN4O. The first-order valence-electron chi connectivity index (χ1n) is 9.41. The van der Waals surface area contributed by atoms with Gasteiger partial charge >= 0.3 is 0 Å². The van der Waals surface area contributed by atoms with Crippen molar-refractivity contribution < 1.29 is 4.74 Å². The van der Waals surface area contributed by atoms with E-state index in [1.54, 1.807) is 6.20 Å². The second-order valence-corrected chi connectivity index (χ2v) is 7.69. The number of hydrogen-bond acceptors (Lipinski definition) is 4. The second kappa shape index (κ2) is 7.65. The molecule has 0 saturated carbocycles. The van der Waals surface area contributed by atoms with Crippen LogP contribution in [0, 0.1) is 0 Å². The summed E-state index contributed by atoms with van der Waals surface area (Å²) in [6.07, 6.45) is 1.78. The highest BCUT2D eigenvalue weighted by Gasteiger charge is 2.16. The molecule has 0 aliphatic heterocycles. The first-order chi connectivity index (χ1) is 14.7. The van der Waals surface area contributed by atoms with Crippen LogP contribution in [0.25, 0.3) is 27.8 Å². The van der Waals surface area contributed by atoms with Gasteiger partial charge in [0.2, 0.25) is 0 Å². The highest BCUT2D eigenvalue weighted by Crippen LogP contribution is 2.33. The summed E-state index contributed by atoms with van der Waals surface area (Å²) < 4.78 is 8.71. The molecule has 5 aromatic rings. The zero-order valence-corrected chi connectivity index (χ0v) is 17.5. The summed E-state index contributed by atoms with van der Waals surface area (Å²) in [7, 11) is 0. The highest BCUT2D eigenvalue weighted by molar-refractivity contribution is 9.10. The number of benzene rings is 3. The summed E-state index contributed by atoms with van der Waals surface area (Å²) in [5, 5.41) is 5.40. The van der Waals surface area contributed by atoms with Crippen molar-refractivity contribution >= 4 is 32.7 Å². The average molecular weight is 457 g/mol. The van der Waals surface area contributed by atoms with Crippen molar-refractivity contribution in [2.45, 2.75) is 0 Å². The Bertz CT molecular complexity index is 1330. The zero-order valence-electron chi connectivity index (χ0n) is 15.9. The van der Waals surface area contributed by atoms with Crippen LogP contribution in [0.3, 0.4) is 0 Å². The maximum atomic E-state index is 6.31. The minimum absolute atomic E-state index is 0.442. The molecule has 0 radical (unpaired) electrons. The van der Waals surface area contributed by atoms with E-state index >= 15 is 0 Å². The summed E-state index contributed by atoms with van der Waals surface area (Å²) in [5.74, 6) is 2.00. The lowest BCUT2D eigenvalue weighted by molar-refractivity contribution is 0.483. The van der Waals surface area contributed by atoms with Crippen LogP contribution in [0.5, 0.6) is 11.5 Å². The van der Waals surface area contributed by atoms with Gasteiger partial charge in [-0.25, -0.2) is 4.68 Å². The summed E-state index contributed by atoms with van der Waals surface area (Å²) in [6.45, 7) is 0. The molecule has 3 aromatic carbocycles. The van der Waals surface area contributed by atoms with Gasteiger partial charge in [0.05, 0.1) is 22.3 Å². The number of nitrogens with zero attached hydrogens (tertiary/aromatic N) is 3. The SMILES string of the molecule is Nc1nn(-c2cccc(Br)c2)c2ccnc(-c3ccc(Oc4ccccc4)cc3)c12. The molecule has 5 rings (SSSR count). The Morgan fingerprint density at radius 1 is 0.833 bits per heavy atom. The molecule has 146 valence electrons. The quantitative estimate of drug-likeness (QED) is 0.348. The van der Waals surface area contributed by atoms with Crippen LogP contribution in [-0.4, -0.2) is 14.8 Å². The number of hydrogen-bond donors (Lipinski definition) is 1. The Balaban J connectivity index is 1.55. The Kier molecular flexibility index (Phi) is 4.69. The molecule has 6 heteroatoms. The number of nitrogen functional groups attached to an aromatic ring is 1. The van der Waals surface area contributed by atoms with E-state index in [1.807, 2.05) is 89.6 Å². The number of halogens is 1. The van der Waals surface area contributed by atoms with Crippen molar-refractivity contribution in [2.75, 3.05) is 5.73 Å². The molecule has 2 heterocycles. The minimum Gasteiger partial charge on any atom is -0.457 e. The standard InChI is InChI=1S/C24H17BrN4O/c25-17-5-4-6-18(15-17)29-21-13-14-27-23(22(21)24(26)28-29)16-9-11-20(12-10-16)30-19-7-2-1-3-8-19/h1-15H,(H2,26,28). The van der Waals surface area contributed by atoms with Crippen molar-refractivity contribution in [1.29, 1.82) is 0 Å². The van der Waals surface area contributed by atoms with Crippen molar-refractivity contribution in [3.63, 3.8) is 0 Å². The van der Waals surface area contributed by atoms with Crippen LogP contribution < -0.4 is 10.5 Å². The number of rotatable bonds is 4. The predicted molar refractivity (Wildman–Crippen MR) is 123 cm³/mol. The van der Waals surface area contributed by atoms with E-state index in [2.05, 4.69) is 26.0 Å². The van der Waals surface area contributed by atoms with Crippen LogP contribution in [0.1, 0.15) is 0 Å². The molecule has 0 aliphatic rings. The molecule has 30 heavy (non-hydrogen) atoms. The van der Waals surface area contributed by atoms with Gasteiger partial charge in [0.1, 0.15) is 11.5 Å². The van der Waals surface area contributed by atoms with Crippen LogP contribution in [0.2, 0.25) is 0 Å². The van der Waals surface area contributed by atoms with Gasteiger partial charge in [-0.2, -0.15) is 0 Å². The van der Waals surface area contributed by atoms with Gasteiger partial charge in [0, 0.05) is 16.2 Å². The van der Waals surface area contributed by atoms with E-state index in [9.17, 15) is 0 Å². The molecule has 0 amide bonds. The van der Waals surface area contributed by atoms with E-state index in [-0.39, 0.29) is 0 Å². The zero-order chi connectivity index (χ0) is 20.5. The molecular weight excluding hydrogens is 440 g/mol. The Morgan fingerprint density at radius 3 is 2.37 bits per heavy atom. The van der Waals surface area contributed by atoms with Crippen molar-refractivity contribution in [2.24, 2.45) is 0 Å². The number of para-hydroxylation sites is 1. The smallest absolute Gasteiger partial charge is 0.156 e. The molecule has 0 saturated heterocycles. The van der Waals surface area contributed by atoms with Gasteiger partial charge in [0.15, 0.2) is 5.82 Å². The fourth-order valence-corrected chi connectivity index (χ4v) is 3.81. The average Bonchev–Trinajstić information content (AvgIpc) is 3.12. The van der Waals surface area contributed by atoms with Gasteiger partial charge in [-0.1, -0.05) is 40.2 Å². The van der Waals surface area contributed by atoms with Gasteiger partial charge in [-0.3, -0.25) is 4.98 Å². The van der Waals surface area contributed by atoms with E-state index in [4.69, 9.17) is 10.5 Å². The molecule has 2 N–H and O–H groups in total. The maximum absolute atomic E-state index is 6.31. The van der Waals surface area contributed by atoms with Crippen LogP contribution >= 0.6 is 15.9 Å². The topological polar surface area (TPSA) is 66.0 Å². The van der Waals surface area contributed by atoms with E-state index in [1.165, 1.54) is 0 Å². The maximum Gasteiger partial charge on any atom is 0.156 e. The summed E-state index contributed by atoms with van der Waals surface area (Å²) in [5.41, 5.74) is 9.88. The largest absolute Gasteiger partial charge is 0.457 e. The number of aromatic nitrogens is 3. The Morgan fingerprint density at radius 2 is 1.60 bits per heavy atom. The second-order valence-electron chi connectivity index (χ2n) is 6.77. The fraction of sp³-hybridized carbons (Fsp3) is 0. The van der Waals surface area contributed by atoms with Crippen LogP contribution in [-0.2, 0) is 0 Å². The third-order valence-corrected chi connectivity index (χ3v) is 5.27. The first kappa shape index (κ1) is 18.4. The third-order valence-electron chi connectivity index (χ3n) is 4.78. The summed E-state index contributed by atoms with van der Waals surface area (Å²) in [6, 6.07) is 27.4. The number of nitrogens with two attached hydrogens (primary N) is 1. The molecule has 0 unspecified atom stereocenters. The van der Waals surface area contributed by atoms with E-state index in [0.717, 1.165) is 43.8 Å². The number of pyridine rings is 1. The van der Waals surface area contributed by atoms with Crippen LogP contribution in [0.15, 0.2) is 95.6 Å². The third kappa shape index (κ3) is 3.42. The lowest BCUT2D eigenvalue weighted by Gasteiger charge is -2.08. The van der Waals surface area contributed by atoms with Crippen molar-refractivity contribution in [3.05, 3.63) is 95.6 Å². The van der Waals surface area contributed by atoms with E-state index in [0.29, 0.717) is 5.82 Å². The molecule has 0 fully saturated rings. The van der Waals surface area contributed by atoms with Crippen molar-refractivity contribution in [1.82, 2.24) is 14.8 Å². The van der Waals surface area contributed by atoms with Gasteiger partial charge in [0.25, 0.3) is 0 Å². The number of ether oxygens (including phenoxy) is 1. The molecule has 2 aromatic heterocycles. The molecule has 0 spiro atoms. The Labute approximate surface area is 181 Å². The molecule has 5 nitrogen and oxygen atoms in total. The molecule has 0 atom stereocenters. The fourth-order valence-electron chi connectivity index (χ4n) is 3.42. The lowest BCUT2D eigenvalue weighted by atomic mass is 10.1. The van der Waals surface area contributed by atoms with Gasteiger partial charge in [-0.05, 0) is 60.7 Å². The number of anilines is 1. The summed E-state index contributed by atoms with van der Waals surface area (Å²) >= 11 is 3.52. The normalized spacial score (nSPS) is 11.0. The van der Waals surface area contributed by atoms with Crippen LogP contribution in [0.4, 0.5) is 5.82 Å². The van der Waals surface area contributed by atoms with Crippen molar-refractivity contribution in [3.8, 4) is 28.4 Å². The highest BCUT2D eigenvalue weighted by atomic mass is 79.9. The first-order valence-corrected chi connectivity index (χ1v) is 10.2.